The molecule has 0 bridgehead atoms. The van der Waals surface area contributed by atoms with Crippen molar-refractivity contribution in [3.05, 3.63) is 11.1 Å². The van der Waals surface area contributed by atoms with Crippen LogP contribution in [0, 0.1) is 18.3 Å². The van der Waals surface area contributed by atoms with Gasteiger partial charge in [-0.1, -0.05) is 0 Å². The fourth-order valence-corrected chi connectivity index (χ4v) is 1.83. The maximum atomic E-state index is 8.54. The quantitative estimate of drug-likeness (QED) is 0.742. The Morgan fingerprint density at radius 3 is 2.92 bits per heavy atom. The summed E-state index contributed by atoms with van der Waals surface area (Å²) in [6, 6.07) is 2.39. The van der Waals surface area contributed by atoms with Crippen molar-refractivity contribution in [2.45, 2.75) is 26.3 Å². The summed E-state index contributed by atoms with van der Waals surface area (Å²) in [5.41, 5.74) is 1.04. The highest BCUT2D eigenvalue weighted by molar-refractivity contribution is 7.13. The van der Waals surface area contributed by atoms with Crippen molar-refractivity contribution >= 4 is 16.5 Å². The van der Waals surface area contributed by atoms with E-state index in [0.29, 0.717) is 6.42 Å². The Morgan fingerprint density at radius 1 is 1.77 bits per heavy atom. The van der Waals surface area contributed by atoms with Crippen LogP contribution >= 0.6 is 11.3 Å². The van der Waals surface area contributed by atoms with Crippen molar-refractivity contribution in [1.29, 1.82) is 5.26 Å². The van der Waals surface area contributed by atoms with Gasteiger partial charge in [0.15, 0.2) is 5.13 Å². The summed E-state index contributed by atoms with van der Waals surface area (Å²) in [6.45, 7) is 4.00. The summed E-state index contributed by atoms with van der Waals surface area (Å²) in [7, 11) is 1.97. The summed E-state index contributed by atoms with van der Waals surface area (Å²) in [5.74, 6) is 0. The number of nitriles is 1. The van der Waals surface area contributed by atoms with Gasteiger partial charge in [0, 0.05) is 18.5 Å². The van der Waals surface area contributed by atoms with E-state index >= 15 is 0 Å². The minimum Gasteiger partial charge on any atom is -0.347 e. The van der Waals surface area contributed by atoms with Crippen molar-refractivity contribution in [3.63, 3.8) is 0 Å². The lowest BCUT2D eigenvalue weighted by Crippen LogP contribution is -2.28. The molecular weight excluding hydrogens is 182 g/mol. The number of anilines is 1. The van der Waals surface area contributed by atoms with Crippen molar-refractivity contribution in [3.8, 4) is 6.07 Å². The van der Waals surface area contributed by atoms with Crippen molar-refractivity contribution < 1.29 is 0 Å². The molecule has 0 aliphatic heterocycles. The molecule has 0 saturated carbocycles. The van der Waals surface area contributed by atoms with Crippen molar-refractivity contribution in [1.82, 2.24) is 4.98 Å². The molecule has 1 aromatic heterocycles. The molecule has 0 aromatic carbocycles. The molecule has 0 saturated heterocycles. The second-order valence-electron chi connectivity index (χ2n) is 3.09. The molecule has 0 fully saturated rings. The van der Waals surface area contributed by atoms with Crippen LogP contribution in [0.1, 0.15) is 19.0 Å². The first kappa shape index (κ1) is 10.0. The second kappa shape index (κ2) is 4.24. The minimum atomic E-state index is 0.232. The van der Waals surface area contributed by atoms with Crippen LogP contribution in [-0.4, -0.2) is 18.1 Å². The van der Waals surface area contributed by atoms with E-state index in [9.17, 15) is 0 Å². The molecule has 1 atom stereocenters. The lowest BCUT2D eigenvalue weighted by molar-refractivity contribution is 0.700. The zero-order chi connectivity index (χ0) is 9.84. The second-order valence-corrected chi connectivity index (χ2v) is 3.93. The molecule has 0 N–H and O–H groups in total. The Kier molecular flexibility index (Phi) is 3.26. The molecule has 0 radical (unpaired) electrons. The molecule has 1 unspecified atom stereocenters. The summed E-state index contributed by atoms with van der Waals surface area (Å²) >= 11 is 1.62. The highest BCUT2D eigenvalue weighted by atomic mass is 32.1. The molecule has 0 spiro atoms. The van der Waals surface area contributed by atoms with Gasteiger partial charge in [-0.05, 0) is 13.8 Å². The smallest absolute Gasteiger partial charge is 0.185 e. The number of nitrogens with zero attached hydrogens (tertiary/aromatic N) is 3. The molecule has 0 aliphatic rings. The third-order valence-electron chi connectivity index (χ3n) is 1.96. The van der Waals surface area contributed by atoms with Crippen LogP contribution in [-0.2, 0) is 0 Å². The number of aromatic nitrogens is 1. The predicted molar refractivity (Wildman–Crippen MR) is 54.9 cm³/mol. The van der Waals surface area contributed by atoms with E-state index in [2.05, 4.69) is 11.1 Å². The Labute approximate surface area is 82.6 Å². The summed E-state index contributed by atoms with van der Waals surface area (Å²) in [5, 5.41) is 11.5. The van der Waals surface area contributed by atoms with Gasteiger partial charge >= 0.3 is 0 Å². The maximum Gasteiger partial charge on any atom is 0.185 e. The predicted octanol–water partition coefficient (Wildman–Crippen LogP) is 2.19. The first-order chi connectivity index (χ1) is 6.15. The van der Waals surface area contributed by atoms with Crippen LogP contribution in [0.4, 0.5) is 5.13 Å². The SMILES string of the molecule is Cc1csc(N(C)C(C)CC#N)n1. The van der Waals surface area contributed by atoms with Crippen LogP contribution in [0.15, 0.2) is 5.38 Å². The van der Waals surface area contributed by atoms with Crippen molar-refractivity contribution in [2.24, 2.45) is 0 Å². The third-order valence-corrected chi connectivity index (χ3v) is 3.01. The number of rotatable bonds is 3. The minimum absolute atomic E-state index is 0.232. The van der Waals surface area contributed by atoms with Crippen LogP contribution in [0.5, 0.6) is 0 Å². The van der Waals surface area contributed by atoms with E-state index in [1.807, 2.05) is 31.2 Å². The molecule has 0 amide bonds. The van der Waals surface area contributed by atoms with Crippen LogP contribution in [0.25, 0.3) is 0 Å². The standard InChI is InChI=1S/C9H13N3S/c1-7-6-13-9(11-7)12(3)8(2)4-5-10/h6,8H,4H2,1-3H3. The largest absolute Gasteiger partial charge is 0.347 e. The van der Waals surface area contributed by atoms with Crippen LogP contribution in [0.3, 0.4) is 0 Å². The third kappa shape index (κ3) is 2.43. The monoisotopic (exact) mass is 195 g/mol. The van der Waals surface area contributed by atoms with Crippen LogP contribution < -0.4 is 4.90 Å². The van der Waals surface area contributed by atoms with Crippen molar-refractivity contribution in [2.75, 3.05) is 11.9 Å². The van der Waals surface area contributed by atoms with E-state index in [-0.39, 0.29) is 6.04 Å². The van der Waals surface area contributed by atoms with Gasteiger partial charge < -0.3 is 4.90 Å². The Morgan fingerprint density at radius 2 is 2.46 bits per heavy atom. The maximum absolute atomic E-state index is 8.54. The molecule has 1 rings (SSSR count). The van der Waals surface area contributed by atoms with Crippen LogP contribution in [0.2, 0.25) is 0 Å². The van der Waals surface area contributed by atoms with Gasteiger partial charge in [-0.25, -0.2) is 4.98 Å². The van der Waals surface area contributed by atoms with Gasteiger partial charge in [-0.2, -0.15) is 5.26 Å². The molecular formula is C9H13N3S. The van der Waals surface area contributed by atoms with Gasteiger partial charge in [-0.3, -0.25) is 0 Å². The van der Waals surface area contributed by atoms with Gasteiger partial charge in [0.2, 0.25) is 0 Å². The average Bonchev–Trinajstić information content (AvgIpc) is 2.51. The van der Waals surface area contributed by atoms with Gasteiger partial charge in [0.1, 0.15) is 0 Å². The number of hydrogen-bond acceptors (Lipinski definition) is 4. The first-order valence-corrected chi connectivity index (χ1v) is 5.05. The number of thiazole rings is 1. The molecule has 0 aliphatic carbocycles. The summed E-state index contributed by atoms with van der Waals surface area (Å²) in [4.78, 5) is 6.39. The Bertz CT molecular complexity index is 313. The Balaban J connectivity index is 2.68. The van der Waals surface area contributed by atoms with E-state index in [0.717, 1.165) is 10.8 Å². The lowest BCUT2D eigenvalue weighted by Gasteiger charge is -2.21. The molecule has 13 heavy (non-hydrogen) atoms. The van der Waals surface area contributed by atoms with Gasteiger partial charge in [0.05, 0.1) is 18.2 Å². The van der Waals surface area contributed by atoms with Gasteiger partial charge in [0.25, 0.3) is 0 Å². The number of aryl methyl sites for hydroxylation is 1. The fraction of sp³-hybridized carbons (Fsp3) is 0.556. The molecule has 4 heteroatoms. The lowest BCUT2D eigenvalue weighted by atomic mass is 10.2. The number of hydrogen-bond donors (Lipinski definition) is 0. The van der Waals surface area contributed by atoms with Gasteiger partial charge in [-0.15, -0.1) is 11.3 Å². The molecule has 3 nitrogen and oxygen atoms in total. The zero-order valence-electron chi connectivity index (χ0n) is 8.11. The Hall–Kier alpha value is -1.08. The average molecular weight is 195 g/mol. The highest BCUT2D eigenvalue weighted by Crippen LogP contribution is 2.21. The first-order valence-electron chi connectivity index (χ1n) is 4.17. The zero-order valence-corrected chi connectivity index (χ0v) is 8.93. The molecule has 1 aromatic rings. The molecule has 70 valence electrons. The fourth-order valence-electron chi connectivity index (χ4n) is 0.961. The van der Waals surface area contributed by atoms with E-state index < -0.39 is 0 Å². The summed E-state index contributed by atoms with van der Waals surface area (Å²) in [6.07, 6.45) is 0.537. The highest BCUT2D eigenvalue weighted by Gasteiger charge is 2.11. The summed E-state index contributed by atoms with van der Waals surface area (Å²) < 4.78 is 0. The molecule has 1 heterocycles. The normalized spacial score (nSPS) is 12.2. The van der Waals surface area contributed by atoms with E-state index in [1.54, 1.807) is 11.3 Å². The topological polar surface area (TPSA) is 39.9 Å². The van der Waals surface area contributed by atoms with E-state index in [1.165, 1.54) is 0 Å². The van der Waals surface area contributed by atoms with E-state index in [4.69, 9.17) is 5.26 Å².